The maximum atomic E-state index is 2.31. The van der Waals surface area contributed by atoms with Gasteiger partial charge in [-0.25, -0.2) is 6.07 Å². The second kappa shape index (κ2) is 7.17. The van der Waals surface area contributed by atoms with Gasteiger partial charge >= 0.3 is 0 Å². The van der Waals surface area contributed by atoms with Gasteiger partial charge < -0.3 is 4.90 Å². The molecule has 0 amide bonds. The van der Waals surface area contributed by atoms with Gasteiger partial charge in [-0.05, 0) is 38.7 Å². The lowest BCUT2D eigenvalue weighted by Gasteiger charge is -2.31. The second-order valence-electron chi connectivity index (χ2n) is 6.01. The normalized spacial score (nSPS) is 12.7. The fourth-order valence-corrected chi connectivity index (χ4v) is 5.39. The molecule has 0 aliphatic heterocycles. The fraction of sp³-hybridized carbons (Fsp3) is 0.190. The molecule has 2 heteroatoms. The maximum Gasteiger partial charge on any atom is -0.0142 e. The van der Waals surface area contributed by atoms with E-state index in [0.717, 1.165) is 0 Å². The summed E-state index contributed by atoms with van der Waals surface area (Å²) in [5.41, 5.74) is 1.44. The first-order chi connectivity index (χ1) is 11.2. The minimum absolute atomic E-state index is 0.414. The highest BCUT2D eigenvalue weighted by atomic mass is 31.1. The van der Waals surface area contributed by atoms with Gasteiger partial charge in [0.15, 0.2) is 0 Å². The summed E-state index contributed by atoms with van der Waals surface area (Å²) in [7, 11) is 3.78. The molecule has 0 N–H and O–H groups in total. The van der Waals surface area contributed by atoms with E-state index in [2.05, 4.69) is 105 Å². The number of rotatable bonds is 5. The van der Waals surface area contributed by atoms with Crippen LogP contribution in [0.1, 0.15) is 18.5 Å². The zero-order chi connectivity index (χ0) is 16.2. The van der Waals surface area contributed by atoms with Crippen LogP contribution in [0.3, 0.4) is 0 Å². The van der Waals surface area contributed by atoms with E-state index in [0.29, 0.717) is 6.04 Å². The first-order valence-corrected chi connectivity index (χ1v) is 9.35. The first kappa shape index (κ1) is 16.1. The molecule has 1 atom stereocenters. The van der Waals surface area contributed by atoms with Crippen molar-refractivity contribution in [3.8, 4) is 0 Å². The molecule has 0 saturated heterocycles. The van der Waals surface area contributed by atoms with Crippen LogP contribution in [-0.4, -0.2) is 19.0 Å². The Bertz CT molecular complexity index is 691. The van der Waals surface area contributed by atoms with Gasteiger partial charge in [-0.15, -0.1) is 5.30 Å². The molecule has 0 bridgehead atoms. The van der Waals surface area contributed by atoms with Crippen LogP contribution in [-0.2, 0) is 0 Å². The van der Waals surface area contributed by atoms with Crippen LogP contribution in [0.25, 0.3) is 0 Å². The minimum Gasteiger partial charge on any atom is -0.315 e. The summed E-state index contributed by atoms with van der Waals surface area (Å²) < 4.78 is 0. The summed E-state index contributed by atoms with van der Waals surface area (Å²) in [5.74, 6) is 0. The maximum absolute atomic E-state index is 2.31. The summed E-state index contributed by atoms with van der Waals surface area (Å²) in [6.45, 7) is 2.28. The third kappa shape index (κ3) is 3.42. The van der Waals surface area contributed by atoms with Crippen molar-refractivity contribution in [3.05, 3.63) is 84.4 Å². The molecule has 0 saturated carbocycles. The zero-order valence-corrected chi connectivity index (χ0v) is 14.9. The van der Waals surface area contributed by atoms with Crippen molar-refractivity contribution in [2.75, 3.05) is 14.1 Å². The quantitative estimate of drug-likeness (QED) is 0.511. The van der Waals surface area contributed by atoms with Gasteiger partial charge in [-0.1, -0.05) is 67.6 Å². The predicted molar refractivity (Wildman–Crippen MR) is 103 cm³/mol. The Morgan fingerprint density at radius 3 is 1.83 bits per heavy atom. The largest absolute Gasteiger partial charge is 0.315 e. The highest BCUT2D eigenvalue weighted by molar-refractivity contribution is 7.79. The predicted octanol–water partition coefficient (Wildman–Crippen LogP) is 3.79. The lowest BCUT2D eigenvalue weighted by molar-refractivity contribution is 0.323. The topological polar surface area (TPSA) is 3.24 Å². The van der Waals surface area contributed by atoms with Gasteiger partial charge in [-0.2, -0.15) is 17.7 Å². The Balaban J connectivity index is 2.13. The molecule has 0 aromatic heterocycles. The number of hydrogen-bond donors (Lipinski definition) is 0. The minimum atomic E-state index is -0.514. The smallest absolute Gasteiger partial charge is 0.0142 e. The average molecular weight is 320 g/mol. The zero-order valence-electron chi connectivity index (χ0n) is 14.0. The fourth-order valence-electron chi connectivity index (χ4n) is 2.84. The van der Waals surface area contributed by atoms with E-state index >= 15 is 0 Å². The summed E-state index contributed by atoms with van der Waals surface area (Å²) >= 11 is 0. The van der Waals surface area contributed by atoms with E-state index < -0.39 is 7.92 Å². The summed E-state index contributed by atoms with van der Waals surface area (Å²) in [5, 5.41) is 4.29. The van der Waals surface area contributed by atoms with Gasteiger partial charge in [0.05, 0.1) is 0 Å². The van der Waals surface area contributed by atoms with Crippen LogP contribution in [0.4, 0.5) is 0 Å². The molecular formula is C21H23NP-. The Hall–Kier alpha value is -1.82. The van der Waals surface area contributed by atoms with Gasteiger partial charge in [0.1, 0.15) is 0 Å². The van der Waals surface area contributed by atoms with Crippen molar-refractivity contribution in [3.63, 3.8) is 0 Å². The summed E-state index contributed by atoms with van der Waals surface area (Å²) in [6, 6.07) is 29.0. The van der Waals surface area contributed by atoms with Crippen LogP contribution >= 0.6 is 7.92 Å². The molecule has 0 spiro atoms. The van der Waals surface area contributed by atoms with Crippen LogP contribution in [0, 0.1) is 0 Å². The lowest BCUT2D eigenvalue weighted by atomic mass is 10.1. The Labute approximate surface area is 140 Å². The molecule has 0 aliphatic rings. The highest BCUT2D eigenvalue weighted by Gasteiger charge is 2.17. The Morgan fingerprint density at radius 2 is 1.35 bits per heavy atom. The standard InChI is InChI=1S/C21H23NP/c1-17(22(2)3)20-15-10-16-21(20)23(18-11-6-4-7-12-18)19-13-8-5-9-14-19/h4-17H,1-3H3/q-1/t17-/m1/s1. The van der Waals surface area contributed by atoms with Crippen LogP contribution in [0.5, 0.6) is 0 Å². The van der Waals surface area contributed by atoms with Crippen molar-refractivity contribution in [1.29, 1.82) is 0 Å². The molecule has 3 rings (SSSR count). The van der Waals surface area contributed by atoms with Gasteiger partial charge in [0.25, 0.3) is 0 Å². The molecule has 118 valence electrons. The van der Waals surface area contributed by atoms with Gasteiger partial charge in [0.2, 0.25) is 0 Å². The molecule has 1 nitrogen and oxygen atoms in total. The average Bonchev–Trinajstić information content (AvgIpc) is 3.05. The van der Waals surface area contributed by atoms with E-state index in [-0.39, 0.29) is 0 Å². The van der Waals surface area contributed by atoms with Crippen molar-refractivity contribution in [2.45, 2.75) is 13.0 Å². The number of benzene rings is 2. The Kier molecular flexibility index (Phi) is 5.00. The van der Waals surface area contributed by atoms with Crippen LogP contribution < -0.4 is 15.9 Å². The molecule has 0 fully saturated rings. The van der Waals surface area contributed by atoms with E-state index in [1.807, 2.05) is 0 Å². The monoisotopic (exact) mass is 320 g/mol. The van der Waals surface area contributed by atoms with Crippen molar-refractivity contribution in [1.82, 2.24) is 4.90 Å². The lowest BCUT2D eigenvalue weighted by Crippen LogP contribution is -2.26. The molecule has 23 heavy (non-hydrogen) atoms. The second-order valence-corrected chi connectivity index (χ2v) is 8.20. The van der Waals surface area contributed by atoms with E-state index in [9.17, 15) is 0 Å². The van der Waals surface area contributed by atoms with Crippen molar-refractivity contribution < 1.29 is 0 Å². The molecule has 0 radical (unpaired) electrons. The number of nitrogens with zero attached hydrogens (tertiary/aromatic N) is 1. The van der Waals surface area contributed by atoms with E-state index in [4.69, 9.17) is 0 Å². The van der Waals surface area contributed by atoms with Crippen molar-refractivity contribution >= 4 is 23.8 Å². The molecular weight excluding hydrogens is 297 g/mol. The van der Waals surface area contributed by atoms with Crippen LogP contribution in [0.15, 0.2) is 78.9 Å². The molecule has 0 unspecified atom stereocenters. The van der Waals surface area contributed by atoms with Gasteiger partial charge in [-0.3, -0.25) is 0 Å². The first-order valence-electron chi connectivity index (χ1n) is 8.00. The summed E-state index contributed by atoms with van der Waals surface area (Å²) in [6.07, 6.45) is 0. The number of hydrogen-bond acceptors (Lipinski definition) is 1. The van der Waals surface area contributed by atoms with Crippen molar-refractivity contribution in [2.24, 2.45) is 0 Å². The highest BCUT2D eigenvalue weighted by Crippen LogP contribution is 2.36. The molecule has 3 aromatic carbocycles. The third-order valence-corrected chi connectivity index (χ3v) is 6.84. The SMILES string of the molecule is C[C@H](c1cc[cH-]c1P(c1ccccc1)c1ccccc1)N(C)C. The summed E-state index contributed by atoms with van der Waals surface area (Å²) in [4.78, 5) is 2.28. The van der Waals surface area contributed by atoms with Gasteiger partial charge in [0, 0.05) is 0 Å². The molecule has 3 aromatic rings. The third-order valence-electron chi connectivity index (χ3n) is 4.32. The van der Waals surface area contributed by atoms with Crippen LogP contribution in [0.2, 0.25) is 0 Å². The van der Waals surface area contributed by atoms with E-state index in [1.165, 1.54) is 21.5 Å². The Morgan fingerprint density at radius 1 is 0.826 bits per heavy atom. The molecule has 0 aliphatic carbocycles. The molecule has 0 heterocycles. The van der Waals surface area contributed by atoms with E-state index in [1.54, 1.807) is 0 Å².